The average molecular weight is 265 g/mol. The van der Waals surface area contributed by atoms with E-state index in [4.69, 9.17) is 5.73 Å². The highest BCUT2D eigenvalue weighted by Gasteiger charge is 2.05. The zero-order chi connectivity index (χ0) is 13.9. The van der Waals surface area contributed by atoms with Gasteiger partial charge in [-0.1, -0.05) is 51.9 Å². The van der Waals surface area contributed by atoms with Gasteiger partial charge in [0.25, 0.3) is 0 Å². The van der Waals surface area contributed by atoms with Gasteiger partial charge in [-0.3, -0.25) is 0 Å². The summed E-state index contributed by atoms with van der Waals surface area (Å²) in [5.41, 5.74) is 6.17. The van der Waals surface area contributed by atoms with Gasteiger partial charge in [-0.25, -0.2) is 4.98 Å². The lowest BCUT2D eigenvalue weighted by molar-refractivity contribution is 0.504. The van der Waals surface area contributed by atoms with E-state index in [1.807, 2.05) is 19.4 Å². The normalized spacial score (nSPS) is 12.8. The molecule has 0 aliphatic rings. The molecule has 0 aliphatic heterocycles. The van der Waals surface area contributed by atoms with E-state index in [9.17, 15) is 0 Å². The summed E-state index contributed by atoms with van der Waals surface area (Å²) >= 11 is 0. The number of aromatic nitrogens is 2. The van der Waals surface area contributed by atoms with Gasteiger partial charge in [-0.2, -0.15) is 0 Å². The molecule has 0 bridgehead atoms. The van der Waals surface area contributed by atoms with Gasteiger partial charge in [0, 0.05) is 31.9 Å². The van der Waals surface area contributed by atoms with Crippen LogP contribution >= 0.6 is 0 Å². The molecule has 2 N–H and O–H groups in total. The van der Waals surface area contributed by atoms with Crippen LogP contribution in [0.15, 0.2) is 12.4 Å². The van der Waals surface area contributed by atoms with Crippen molar-refractivity contribution in [1.82, 2.24) is 9.55 Å². The molecule has 0 aliphatic carbocycles. The number of unbranched alkanes of at least 4 members (excludes halogenated alkanes) is 6. The van der Waals surface area contributed by atoms with Crippen molar-refractivity contribution in [2.24, 2.45) is 12.8 Å². The Morgan fingerprint density at radius 3 is 2.42 bits per heavy atom. The van der Waals surface area contributed by atoms with Gasteiger partial charge in [-0.05, 0) is 12.8 Å². The molecule has 1 aromatic rings. The molecule has 0 amide bonds. The first-order valence-corrected chi connectivity index (χ1v) is 7.95. The molecular formula is C16H31N3. The minimum absolute atomic E-state index is 0.340. The number of imidazole rings is 1. The van der Waals surface area contributed by atoms with Crippen LogP contribution in [0.2, 0.25) is 0 Å². The van der Waals surface area contributed by atoms with Crippen molar-refractivity contribution in [3.63, 3.8) is 0 Å². The molecule has 19 heavy (non-hydrogen) atoms. The van der Waals surface area contributed by atoms with E-state index < -0.39 is 0 Å². The van der Waals surface area contributed by atoms with Gasteiger partial charge in [0.1, 0.15) is 5.82 Å². The number of nitrogens with two attached hydrogens (primary N) is 1. The Bertz CT molecular complexity index is 320. The number of aryl methyl sites for hydroxylation is 2. The first-order chi connectivity index (χ1) is 9.24. The molecule has 1 atom stereocenters. The van der Waals surface area contributed by atoms with Crippen molar-refractivity contribution in [2.45, 2.75) is 77.2 Å². The summed E-state index contributed by atoms with van der Waals surface area (Å²) in [6.45, 7) is 2.26. The molecule has 0 aromatic carbocycles. The molecule has 110 valence electrons. The third-order valence-electron chi connectivity index (χ3n) is 3.84. The highest BCUT2D eigenvalue weighted by molar-refractivity contribution is 4.91. The molecule has 0 fully saturated rings. The van der Waals surface area contributed by atoms with Gasteiger partial charge < -0.3 is 10.3 Å². The fourth-order valence-corrected chi connectivity index (χ4v) is 2.46. The smallest absolute Gasteiger partial charge is 0.108 e. The summed E-state index contributed by atoms with van der Waals surface area (Å²) < 4.78 is 2.08. The summed E-state index contributed by atoms with van der Waals surface area (Å²) in [5, 5.41) is 0. The largest absolute Gasteiger partial charge is 0.338 e. The molecule has 1 heterocycles. The third kappa shape index (κ3) is 7.36. The first kappa shape index (κ1) is 16.2. The molecule has 1 rings (SSSR count). The van der Waals surface area contributed by atoms with Crippen LogP contribution in [0.4, 0.5) is 0 Å². The van der Waals surface area contributed by atoms with E-state index in [1.54, 1.807) is 0 Å². The highest BCUT2D eigenvalue weighted by atomic mass is 15.0. The van der Waals surface area contributed by atoms with Gasteiger partial charge in [0.05, 0.1) is 0 Å². The Morgan fingerprint density at radius 1 is 1.11 bits per heavy atom. The van der Waals surface area contributed by atoms with Gasteiger partial charge >= 0.3 is 0 Å². The van der Waals surface area contributed by atoms with E-state index in [0.717, 1.165) is 25.1 Å². The SMILES string of the molecule is CCCCCCCCCC(N)CCc1nccn1C. The van der Waals surface area contributed by atoms with E-state index in [-0.39, 0.29) is 0 Å². The first-order valence-electron chi connectivity index (χ1n) is 7.95. The summed E-state index contributed by atoms with van der Waals surface area (Å²) in [6.07, 6.45) is 16.6. The molecule has 3 nitrogen and oxygen atoms in total. The van der Waals surface area contributed by atoms with Crippen LogP contribution in [-0.4, -0.2) is 15.6 Å². The maximum Gasteiger partial charge on any atom is 0.108 e. The second-order valence-corrected chi connectivity index (χ2v) is 5.66. The molecule has 1 aromatic heterocycles. The van der Waals surface area contributed by atoms with Crippen LogP contribution in [0.25, 0.3) is 0 Å². The van der Waals surface area contributed by atoms with Crippen LogP contribution < -0.4 is 5.73 Å². The number of hydrogen-bond donors (Lipinski definition) is 1. The zero-order valence-corrected chi connectivity index (χ0v) is 12.8. The molecule has 1 unspecified atom stereocenters. The highest BCUT2D eigenvalue weighted by Crippen LogP contribution is 2.11. The van der Waals surface area contributed by atoms with Crippen molar-refractivity contribution in [1.29, 1.82) is 0 Å². The average Bonchev–Trinajstić information content (AvgIpc) is 2.81. The van der Waals surface area contributed by atoms with Crippen LogP contribution in [-0.2, 0) is 13.5 Å². The Hall–Kier alpha value is -0.830. The van der Waals surface area contributed by atoms with Crippen LogP contribution in [0, 0.1) is 0 Å². The predicted molar refractivity (Wildman–Crippen MR) is 82.1 cm³/mol. The van der Waals surface area contributed by atoms with E-state index >= 15 is 0 Å². The van der Waals surface area contributed by atoms with Crippen LogP contribution in [0.3, 0.4) is 0 Å². The van der Waals surface area contributed by atoms with E-state index in [1.165, 1.54) is 44.9 Å². The molecule has 0 radical (unpaired) electrons. The maximum absolute atomic E-state index is 6.17. The van der Waals surface area contributed by atoms with Crippen molar-refractivity contribution >= 4 is 0 Å². The molecule has 0 saturated carbocycles. The predicted octanol–water partition coefficient (Wildman–Crippen LogP) is 3.82. The lowest BCUT2D eigenvalue weighted by atomic mass is 10.0. The molecule has 0 saturated heterocycles. The summed E-state index contributed by atoms with van der Waals surface area (Å²) in [4.78, 5) is 4.33. The van der Waals surface area contributed by atoms with Crippen molar-refractivity contribution in [3.8, 4) is 0 Å². The Kier molecular flexibility index (Phi) is 8.55. The van der Waals surface area contributed by atoms with E-state index in [0.29, 0.717) is 6.04 Å². The Morgan fingerprint density at radius 2 is 1.79 bits per heavy atom. The third-order valence-corrected chi connectivity index (χ3v) is 3.84. The van der Waals surface area contributed by atoms with Crippen molar-refractivity contribution in [3.05, 3.63) is 18.2 Å². The Balaban J connectivity index is 1.96. The second kappa shape index (κ2) is 10.0. The minimum atomic E-state index is 0.340. The fraction of sp³-hybridized carbons (Fsp3) is 0.812. The summed E-state index contributed by atoms with van der Waals surface area (Å²) in [7, 11) is 2.05. The lowest BCUT2D eigenvalue weighted by Crippen LogP contribution is -2.21. The zero-order valence-electron chi connectivity index (χ0n) is 12.8. The maximum atomic E-state index is 6.17. The number of rotatable bonds is 11. The van der Waals surface area contributed by atoms with E-state index in [2.05, 4.69) is 16.5 Å². The van der Waals surface area contributed by atoms with Crippen LogP contribution in [0.1, 0.15) is 70.5 Å². The molecule has 3 heteroatoms. The topological polar surface area (TPSA) is 43.8 Å². The quantitative estimate of drug-likeness (QED) is 0.618. The standard InChI is InChI=1S/C16H31N3/c1-3-4-5-6-7-8-9-10-15(17)11-12-16-18-13-14-19(16)2/h13-15H,3-12,17H2,1-2H3. The van der Waals surface area contributed by atoms with Gasteiger partial charge in [0.2, 0.25) is 0 Å². The number of hydrogen-bond acceptors (Lipinski definition) is 2. The summed E-state index contributed by atoms with van der Waals surface area (Å²) in [5.74, 6) is 1.15. The van der Waals surface area contributed by atoms with Crippen molar-refractivity contribution in [2.75, 3.05) is 0 Å². The monoisotopic (exact) mass is 265 g/mol. The Labute approximate surface area is 118 Å². The van der Waals surface area contributed by atoms with Gasteiger partial charge in [-0.15, -0.1) is 0 Å². The van der Waals surface area contributed by atoms with Gasteiger partial charge in [0.15, 0.2) is 0 Å². The van der Waals surface area contributed by atoms with Crippen LogP contribution in [0.5, 0.6) is 0 Å². The van der Waals surface area contributed by atoms with Crippen molar-refractivity contribution < 1.29 is 0 Å². The minimum Gasteiger partial charge on any atom is -0.338 e. The number of nitrogens with zero attached hydrogens (tertiary/aromatic N) is 2. The molecule has 0 spiro atoms. The summed E-state index contributed by atoms with van der Waals surface area (Å²) in [6, 6.07) is 0.340. The molecular weight excluding hydrogens is 234 g/mol. The second-order valence-electron chi connectivity index (χ2n) is 5.66. The lowest BCUT2D eigenvalue weighted by Gasteiger charge is -2.11. The fourth-order valence-electron chi connectivity index (χ4n) is 2.46.